The van der Waals surface area contributed by atoms with E-state index in [1.807, 2.05) is 24.3 Å². The van der Waals surface area contributed by atoms with Gasteiger partial charge >= 0.3 is 0 Å². The summed E-state index contributed by atoms with van der Waals surface area (Å²) in [6.45, 7) is 2.37. The van der Waals surface area contributed by atoms with Crippen LogP contribution >= 0.6 is 27.3 Å². The Bertz CT molecular complexity index is 965. The SMILES string of the molecule is O=S(=O)(c1ccc(Br)s1)N1CCCN(c2nc3ccccc3[nH]2)CC1. The number of thiophene rings is 1. The Kier molecular flexibility index (Phi) is 4.57. The van der Waals surface area contributed by atoms with Gasteiger partial charge in [0.1, 0.15) is 4.21 Å². The molecular weight excluding hydrogens is 424 g/mol. The van der Waals surface area contributed by atoms with E-state index in [0.29, 0.717) is 23.8 Å². The van der Waals surface area contributed by atoms with Crippen LogP contribution in [-0.4, -0.2) is 48.9 Å². The van der Waals surface area contributed by atoms with Crippen molar-refractivity contribution in [3.8, 4) is 0 Å². The summed E-state index contributed by atoms with van der Waals surface area (Å²) in [5, 5.41) is 0. The van der Waals surface area contributed by atoms with Gasteiger partial charge in [0.2, 0.25) is 5.95 Å². The van der Waals surface area contributed by atoms with E-state index in [0.717, 1.165) is 33.7 Å². The Labute approximate surface area is 158 Å². The van der Waals surface area contributed by atoms with Crippen LogP contribution in [0.5, 0.6) is 0 Å². The standard InChI is InChI=1S/C16H17BrN4O2S2/c17-14-6-7-15(24-14)25(22,23)21-9-3-8-20(10-11-21)16-18-12-4-1-2-5-13(12)19-16/h1-2,4-7H,3,8-11H2,(H,18,19). The van der Waals surface area contributed by atoms with Gasteiger partial charge in [0.25, 0.3) is 10.0 Å². The van der Waals surface area contributed by atoms with Gasteiger partial charge in [0.05, 0.1) is 14.8 Å². The van der Waals surface area contributed by atoms with E-state index in [2.05, 4.69) is 30.8 Å². The van der Waals surface area contributed by atoms with Crippen molar-refractivity contribution in [3.05, 3.63) is 40.2 Å². The number of aromatic amines is 1. The number of rotatable bonds is 3. The zero-order valence-corrected chi connectivity index (χ0v) is 16.6. The molecule has 2 aromatic heterocycles. The smallest absolute Gasteiger partial charge is 0.252 e. The Morgan fingerprint density at radius 2 is 1.92 bits per heavy atom. The third kappa shape index (κ3) is 3.33. The van der Waals surface area contributed by atoms with Crippen LogP contribution in [0.1, 0.15) is 6.42 Å². The number of nitrogens with zero attached hydrogens (tertiary/aromatic N) is 3. The number of fused-ring (bicyclic) bond motifs is 1. The maximum atomic E-state index is 12.8. The molecule has 1 aliphatic rings. The lowest BCUT2D eigenvalue weighted by Crippen LogP contribution is -2.35. The van der Waals surface area contributed by atoms with Crippen LogP contribution in [0.3, 0.4) is 0 Å². The molecule has 1 aromatic carbocycles. The lowest BCUT2D eigenvalue weighted by Gasteiger charge is -2.20. The van der Waals surface area contributed by atoms with Crippen molar-refractivity contribution in [1.82, 2.24) is 14.3 Å². The van der Waals surface area contributed by atoms with Crippen LogP contribution in [-0.2, 0) is 10.0 Å². The van der Waals surface area contributed by atoms with Crippen molar-refractivity contribution in [2.24, 2.45) is 0 Å². The van der Waals surface area contributed by atoms with Gasteiger partial charge in [-0.15, -0.1) is 11.3 Å². The Morgan fingerprint density at radius 1 is 1.08 bits per heavy atom. The molecule has 1 fully saturated rings. The molecule has 0 bridgehead atoms. The van der Waals surface area contributed by atoms with Crippen molar-refractivity contribution in [2.75, 3.05) is 31.1 Å². The maximum absolute atomic E-state index is 12.8. The average Bonchev–Trinajstić information content (AvgIpc) is 3.14. The summed E-state index contributed by atoms with van der Waals surface area (Å²) >= 11 is 4.59. The van der Waals surface area contributed by atoms with Crippen LogP contribution < -0.4 is 4.90 Å². The number of H-pyrrole nitrogens is 1. The molecule has 3 aromatic rings. The molecule has 25 heavy (non-hydrogen) atoms. The highest BCUT2D eigenvalue weighted by atomic mass is 79.9. The van der Waals surface area contributed by atoms with Gasteiger partial charge in [-0.2, -0.15) is 4.31 Å². The quantitative estimate of drug-likeness (QED) is 0.678. The summed E-state index contributed by atoms with van der Waals surface area (Å²) in [6, 6.07) is 11.3. The number of hydrogen-bond acceptors (Lipinski definition) is 5. The predicted octanol–water partition coefficient (Wildman–Crippen LogP) is 3.29. The van der Waals surface area contributed by atoms with Crippen molar-refractivity contribution >= 4 is 54.3 Å². The first-order valence-corrected chi connectivity index (χ1v) is 11.0. The molecule has 0 saturated carbocycles. The predicted molar refractivity (Wildman–Crippen MR) is 104 cm³/mol. The van der Waals surface area contributed by atoms with Crippen LogP contribution in [0, 0.1) is 0 Å². The fourth-order valence-corrected chi connectivity index (χ4v) is 6.63. The second-order valence-electron chi connectivity index (χ2n) is 5.88. The fourth-order valence-electron chi connectivity index (χ4n) is 3.00. The fraction of sp³-hybridized carbons (Fsp3) is 0.312. The van der Waals surface area contributed by atoms with Crippen molar-refractivity contribution < 1.29 is 8.42 Å². The number of hydrogen-bond donors (Lipinski definition) is 1. The van der Waals surface area contributed by atoms with Gasteiger partial charge in [0, 0.05) is 26.2 Å². The normalized spacial score (nSPS) is 17.1. The number of imidazole rings is 1. The first kappa shape index (κ1) is 17.0. The molecule has 0 radical (unpaired) electrons. The zero-order valence-electron chi connectivity index (χ0n) is 13.4. The van der Waals surface area contributed by atoms with Crippen LogP contribution in [0.2, 0.25) is 0 Å². The molecule has 1 saturated heterocycles. The highest BCUT2D eigenvalue weighted by Crippen LogP contribution is 2.29. The number of anilines is 1. The zero-order chi connectivity index (χ0) is 17.4. The highest BCUT2D eigenvalue weighted by molar-refractivity contribution is 9.11. The van der Waals surface area contributed by atoms with Crippen LogP contribution in [0.25, 0.3) is 11.0 Å². The summed E-state index contributed by atoms with van der Waals surface area (Å²) in [6.07, 6.45) is 0.767. The van der Waals surface area contributed by atoms with E-state index in [1.54, 1.807) is 16.4 Å². The minimum atomic E-state index is -3.43. The van der Waals surface area contributed by atoms with E-state index in [9.17, 15) is 8.42 Å². The van der Waals surface area contributed by atoms with Gasteiger partial charge < -0.3 is 9.88 Å². The largest absolute Gasteiger partial charge is 0.341 e. The first-order chi connectivity index (χ1) is 12.0. The maximum Gasteiger partial charge on any atom is 0.252 e. The molecule has 3 heterocycles. The van der Waals surface area contributed by atoms with Gasteiger partial charge in [-0.3, -0.25) is 0 Å². The van der Waals surface area contributed by atoms with Gasteiger partial charge in [0.15, 0.2) is 0 Å². The van der Waals surface area contributed by atoms with Gasteiger partial charge in [-0.1, -0.05) is 12.1 Å². The number of benzene rings is 1. The minimum Gasteiger partial charge on any atom is -0.341 e. The number of aromatic nitrogens is 2. The van der Waals surface area contributed by atoms with Crippen molar-refractivity contribution in [2.45, 2.75) is 10.6 Å². The number of para-hydroxylation sites is 2. The lowest BCUT2D eigenvalue weighted by molar-refractivity contribution is 0.434. The Morgan fingerprint density at radius 3 is 2.68 bits per heavy atom. The van der Waals surface area contributed by atoms with Gasteiger partial charge in [-0.25, -0.2) is 13.4 Å². The molecular formula is C16H17BrN4O2S2. The summed E-state index contributed by atoms with van der Waals surface area (Å²) < 4.78 is 28.4. The molecule has 4 rings (SSSR count). The Balaban J connectivity index is 1.54. The molecule has 1 aliphatic heterocycles. The summed E-state index contributed by atoms with van der Waals surface area (Å²) in [4.78, 5) is 10.1. The summed E-state index contributed by atoms with van der Waals surface area (Å²) in [7, 11) is -3.43. The third-order valence-corrected chi connectivity index (χ3v) is 8.26. The third-order valence-electron chi connectivity index (χ3n) is 4.27. The summed E-state index contributed by atoms with van der Waals surface area (Å²) in [5.41, 5.74) is 1.92. The molecule has 9 heteroatoms. The molecule has 132 valence electrons. The minimum absolute atomic E-state index is 0.386. The lowest BCUT2D eigenvalue weighted by atomic mass is 10.3. The molecule has 0 atom stereocenters. The number of halogens is 1. The van der Waals surface area contributed by atoms with E-state index in [4.69, 9.17) is 0 Å². The van der Waals surface area contributed by atoms with E-state index >= 15 is 0 Å². The second kappa shape index (κ2) is 6.71. The molecule has 0 aliphatic carbocycles. The molecule has 1 N–H and O–H groups in total. The van der Waals surface area contributed by atoms with Gasteiger partial charge in [-0.05, 0) is 46.6 Å². The van der Waals surface area contributed by atoms with E-state index in [-0.39, 0.29) is 0 Å². The molecule has 6 nitrogen and oxygen atoms in total. The van der Waals surface area contributed by atoms with Crippen LogP contribution in [0.4, 0.5) is 5.95 Å². The Hall–Kier alpha value is -1.42. The second-order valence-corrected chi connectivity index (χ2v) is 10.5. The first-order valence-electron chi connectivity index (χ1n) is 7.99. The monoisotopic (exact) mass is 440 g/mol. The van der Waals surface area contributed by atoms with E-state index < -0.39 is 10.0 Å². The number of sulfonamides is 1. The van der Waals surface area contributed by atoms with Crippen molar-refractivity contribution in [1.29, 1.82) is 0 Å². The summed E-state index contributed by atoms with van der Waals surface area (Å²) in [5.74, 6) is 0.805. The topological polar surface area (TPSA) is 69.3 Å². The van der Waals surface area contributed by atoms with Crippen molar-refractivity contribution in [3.63, 3.8) is 0 Å². The van der Waals surface area contributed by atoms with E-state index in [1.165, 1.54) is 11.3 Å². The molecule has 0 amide bonds. The van der Waals surface area contributed by atoms with Crippen LogP contribution in [0.15, 0.2) is 44.4 Å². The number of nitrogens with one attached hydrogen (secondary N) is 1. The molecule has 0 spiro atoms. The highest BCUT2D eigenvalue weighted by Gasteiger charge is 2.28. The average molecular weight is 441 g/mol. The molecule has 0 unspecified atom stereocenters.